The molecule has 1 saturated heterocycles. The highest BCUT2D eigenvalue weighted by molar-refractivity contribution is 5.69. The molecule has 1 aliphatic heterocycles. The van der Waals surface area contributed by atoms with E-state index in [1.807, 2.05) is 0 Å². The number of aromatic nitrogens is 4. The molecule has 0 radical (unpaired) electrons. The number of rotatable bonds is 10. The van der Waals surface area contributed by atoms with E-state index < -0.39 is 18.4 Å². The monoisotopic (exact) mass is 456 g/mol. The van der Waals surface area contributed by atoms with Crippen molar-refractivity contribution >= 4 is 11.2 Å². The first kappa shape index (κ1) is 25.1. The van der Waals surface area contributed by atoms with E-state index in [0.29, 0.717) is 18.6 Å². The van der Waals surface area contributed by atoms with Gasteiger partial charge in [-0.05, 0) is 53.4 Å². The van der Waals surface area contributed by atoms with Gasteiger partial charge in [-0.3, -0.25) is 13.9 Å². The number of hydrogen-bond acceptors (Lipinski definition) is 6. The van der Waals surface area contributed by atoms with Crippen LogP contribution in [0.2, 0.25) is 0 Å². The van der Waals surface area contributed by atoms with Gasteiger partial charge in [0.15, 0.2) is 11.2 Å². The van der Waals surface area contributed by atoms with Gasteiger partial charge in [-0.2, -0.15) is 0 Å². The maximum absolute atomic E-state index is 12.9. The lowest BCUT2D eigenvalue weighted by Gasteiger charge is -2.13. The van der Waals surface area contributed by atoms with E-state index in [9.17, 15) is 15.0 Å². The molecule has 3 heterocycles. The quantitative estimate of drug-likeness (QED) is 0.529. The highest BCUT2D eigenvalue weighted by Crippen LogP contribution is 2.30. The minimum Gasteiger partial charge on any atom is -0.394 e. The third-order valence-electron chi connectivity index (χ3n) is 6.00. The standard InChI is InChI=1S/C25H36N4O4/c1-17(2)7-5-8-18(3)9-6-10-19(4)11-12-28-15-27-24-23(25(28)32)26-16-29(24)22-13-20(31)21(14-30)33-22/h7,9,11,15-16,20-22,30-31H,5-6,8,10,12-14H2,1-4H3/b18-9+,19-11+/t20?,21-,22-/m1/s1. The molecule has 2 N–H and O–H groups in total. The van der Waals surface area contributed by atoms with Crippen molar-refractivity contribution in [1.82, 2.24) is 19.1 Å². The molecule has 0 amide bonds. The highest BCUT2D eigenvalue weighted by Gasteiger charge is 2.35. The summed E-state index contributed by atoms with van der Waals surface area (Å²) in [6, 6.07) is 0. The van der Waals surface area contributed by atoms with Crippen molar-refractivity contribution in [3.05, 3.63) is 58.0 Å². The van der Waals surface area contributed by atoms with Gasteiger partial charge in [0.1, 0.15) is 18.7 Å². The van der Waals surface area contributed by atoms with Crippen molar-refractivity contribution in [3.8, 4) is 0 Å². The largest absolute Gasteiger partial charge is 0.394 e. The maximum atomic E-state index is 12.9. The molecule has 0 bridgehead atoms. The fourth-order valence-electron chi connectivity index (χ4n) is 3.93. The van der Waals surface area contributed by atoms with E-state index in [1.54, 1.807) is 9.13 Å². The van der Waals surface area contributed by atoms with Crippen LogP contribution in [0.15, 0.2) is 52.4 Å². The van der Waals surface area contributed by atoms with Crippen LogP contribution in [0.1, 0.15) is 66.0 Å². The number of aliphatic hydroxyl groups is 2. The summed E-state index contributed by atoms with van der Waals surface area (Å²) in [6.45, 7) is 8.69. The number of nitrogens with zero attached hydrogens (tertiary/aromatic N) is 4. The molecule has 3 rings (SSSR count). The minimum absolute atomic E-state index is 0.213. The van der Waals surface area contributed by atoms with Crippen LogP contribution in [0.25, 0.3) is 11.2 Å². The van der Waals surface area contributed by atoms with Crippen LogP contribution in [0.4, 0.5) is 0 Å². The smallest absolute Gasteiger partial charge is 0.281 e. The molecule has 33 heavy (non-hydrogen) atoms. The predicted molar refractivity (Wildman–Crippen MR) is 129 cm³/mol. The number of ether oxygens (including phenoxy) is 1. The van der Waals surface area contributed by atoms with Gasteiger partial charge >= 0.3 is 0 Å². The molecule has 0 spiro atoms. The molecule has 2 aromatic heterocycles. The molecule has 8 heteroatoms. The molecule has 2 aromatic rings. The van der Waals surface area contributed by atoms with Crippen molar-refractivity contribution in [3.63, 3.8) is 0 Å². The van der Waals surface area contributed by atoms with Crippen LogP contribution in [0, 0.1) is 0 Å². The number of allylic oxidation sites excluding steroid dienone is 6. The van der Waals surface area contributed by atoms with Gasteiger partial charge in [0.2, 0.25) is 0 Å². The van der Waals surface area contributed by atoms with Gasteiger partial charge in [0, 0.05) is 13.0 Å². The molecule has 0 saturated carbocycles. The van der Waals surface area contributed by atoms with Crippen LogP contribution in [-0.2, 0) is 11.3 Å². The molecule has 0 aliphatic carbocycles. The fourth-order valence-corrected chi connectivity index (χ4v) is 3.93. The van der Waals surface area contributed by atoms with Crippen LogP contribution >= 0.6 is 0 Å². The van der Waals surface area contributed by atoms with Gasteiger partial charge in [0.25, 0.3) is 5.56 Å². The van der Waals surface area contributed by atoms with Crippen molar-refractivity contribution in [2.24, 2.45) is 0 Å². The summed E-state index contributed by atoms with van der Waals surface area (Å²) in [4.78, 5) is 21.5. The lowest BCUT2D eigenvalue weighted by atomic mass is 10.1. The zero-order valence-corrected chi connectivity index (χ0v) is 20.1. The molecule has 3 atom stereocenters. The van der Waals surface area contributed by atoms with Crippen molar-refractivity contribution in [2.75, 3.05) is 6.61 Å². The SMILES string of the molecule is CC(C)=CCC/C(C)=C/CC/C(C)=C/Cn1cnc2c(ncn2[C@H]2CC(O)[C@@H](CO)O2)c1=O. The lowest BCUT2D eigenvalue weighted by molar-refractivity contribution is -0.0432. The molecule has 0 aromatic carbocycles. The molecular formula is C25H36N4O4. The number of fused-ring (bicyclic) bond motifs is 1. The number of hydrogen-bond donors (Lipinski definition) is 2. The van der Waals surface area contributed by atoms with Gasteiger partial charge in [-0.1, -0.05) is 34.9 Å². The molecule has 1 unspecified atom stereocenters. The summed E-state index contributed by atoms with van der Waals surface area (Å²) in [5, 5.41) is 19.3. The lowest BCUT2D eigenvalue weighted by Crippen LogP contribution is -2.24. The zero-order chi connectivity index (χ0) is 24.0. The van der Waals surface area contributed by atoms with Crippen molar-refractivity contribution in [2.45, 2.75) is 84.8 Å². The van der Waals surface area contributed by atoms with E-state index in [2.05, 4.69) is 55.9 Å². The topological polar surface area (TPSA) is 102 Å². The Morgan fingerprint density at radius 3 is 2.45 bits per heavy atom. The van der Waals surface area contributed by atoms with Gasteiger partial charge in [-0.15, -0.1) is 0 Å². The van der Waals surface area contributed by atoms with Crippen LogP contribution in [0.5, 0.6) is 0 Å². The average Bonchev–Trinajstić information content (AvgIpc) is 3.36. The second kappa shape index (κ2) is 11.5. The molecule has 180 valence electrons. The number of aliphatic hydroxyl groups excluding tert-OH is 2. The van der Waals surface area contributed by atoms with E-state index in [-0.39, 0.29) is 17.7 Å². The van der Waals surface area contributed by atoms with Crippen molar-refractivity contribution < 1.29 is 14.9 Å². The Kier molecular flexibility index (Phi) is 8.77. The summed E-state index contributed by atoms with van der Waals surface area (Å²) in [5.74, 6) is 0. The summed E-state index contributed by atoms with van der Waals surface area (Å²) in [5.41, 5.74) is 4.47. The molecule has 1 aliphatic rings. The second-order valence-corrected chi connectivity index (χ2v) is 9.10. The van der Waals surface area contributed by atoms with Crippen LogP contribution < -0.4 is 5.56 Å². The van der Waals surface area contributed by atoms with E-state index in [0.717, 1.165) is 25.7 Å². The Morgan fingerprint density at radius 1 is 1.09 bits per heavy atom. The fraction of sp³-hybridized carbons (Fsp3) is 0.560. The highest BCUT2D eigenvalue weighted by atomic mass is 16.5. The van der Waals surface area contributed by atoms with Gasteiger partial charge in [0.05, 0.1) is 19.0 Å². The Hall–Kier alpha value is -2.55. The minimum atomic E-state index is -0.762. The summed E-state index contributed by atoms with van der Waals surface area (Å²) in [7, 11) is 0. The first-order valence-corrected chi connectivity index (χ1v) is 11.6. The van der Waals surface area contributed by atoms with Crippen molar-refractivity contribution in [1.29, 1.82) is 0 Å². The predicted octanol–water partition coefficient (Wildman–Crippen LogP) is 3.65. The maximum Gasteiger partial charge on any atom is 0.281 e. The zero-order valence-electron chi connectivity index (χ0n) is 20.1. The first-order chi connectivity index (χ1) is 15.8. The summed E-state index contributed by atoms with van der Waals surface area (Å²) in [6.07, 6.45) is 12.2. The summed E-state index contributed by atoms with van der Waals surface area (Å²) < 4.78 is 8.86. The normalized spacial score (nSPS) is 21.7. The Bertz CT molecular complexity index is 1090. The third kappa shape index (κ3) is 6.50. The van der Waals surface area contributed by atoms with Crippen LogP contribution in [0.3, 0.4) is 0 Å². The van der Waals surface area contributed by atoms with Crippen LogP contribution in [-0.4, -0.2) is 48.1 Å². The van der Waals surface area contributed by atoms with E-state index in [4.69, 9.17) is 4.74 Å². The Morgan fingerprint density at radius 2 is 1.79 bits per heavy atom. The molecule has 1 fully saturated rings. The Balaban J connectivity index is 1.61. The average molecular weight is 457 g/mol. The molecular weight excluding hydrogens is 420 g/mol. The Labute approximate surface area is 194 Å². The third-order valence-corrected chi connectivity index (χ3v) is 6.00. The summed E-state index contributed by atoms with van der Waals surface area (Å²) >= 11 is 0. The number of imidazole rings is 1. The molecule has 8 nitrogen and oxygen atoms in total. The van der Waals surface area contributed by atoms with E-state index in [1.165, 1.54) is 29.4 Å². The second-order valence-electron chi connectivity index (χ2n) is 9.10. The van der Waals surface area contributed by atoms with Gasteiger partial charge in [-0.25, -0.2) is 9.97 Å². The van der Waals surface area contributed by atoms with Gasteiger partial charge < -0.3 is 14.9 Å². The van der Waals surface area contributed by atoms with E-state index >= 15 is 0 Å². The first-order valence-electron chi connectivity index (χ1n) is 11.6.